The van der Waals surface area contributed by atoms with E-state index in [-0.39, 0.29) is 0 Å². The molecule has 0 N–H and O–H groups in total. The Hall–Kier alpha value is -3.92. The van der Waals surface area contributed by atoms with Crippen LogP contribution >= 0.6 is 0 Å². The number of hydrogen-bond donors (Lipinski definition) is 0. The molecule has 0 aliphatic heterocycles. The van der Waals surface area contributed by atoms with Crippen molar-refractivity contribution in [3.63, 3.8) is 0 Å². The van der Waals surface area contributed by atoms with Crippen molar-refractivity contribution in [2.24, 2.45) is 0 Å². The molecule has 0 unspecified atom stereocenters. The van der Waals surface area contributed by atoms with Gasteiger partial charge < -0.3 is 4.42 Å². The topological polar surface area (TPSA) is 43.9 Å². The Morgan fingerprint density at radius 3 is 2.53 bits per heavy atom. The molecule has 6 aromatic rings. The normalized spacial score (nSPS) is 11.9. The minimum Gasteiger partial charge on any atom is -0.437 e. The monoisotopic (exact) mass is 417 g/mol. The van der Waals surface area contributed by atoms with Crippen LogP contribution in [0.15, 0.2) is 83.4 Å². The highest BCUT2D eigenvalue weighted by Crippen LogP contribution is 2.40. The number of furan rings is 1. The van der Waals surface area contributed by atoms with E-state index in [1.807, 2.05) is 12.1 Å². The lowest BCUT2D eigenvalue weighted by Crippen LogP contribution is -2.04. The van der Waals surface area contributed by atoms with Crippen molar-refractivity contribution in [2.45, 2.75) is 26.7 Å². The van der Waals surface area contributed by atoms with Gasteiger partial charge >= 0.3 is 0 Å². The van der Waals surface area contributed by atoms with Gasteiger partial charge in [0.05, 0.1) is 22.3 Å². The average Bonchev–Trinajstić information content (AvgIpc) is 3.37. The van der Waals surface area contributed by atoms with E-state index >= 15 is 0 Å². The fourth-order valence-corrected chi connectivity index (χ4v) is 4.67. The number of aryl methyl sites for hydroxylation is 1. The smallest absolute Gasteiger partial charge is 0.227 e. The van der Waals surface area contributed by atoms with Crippen molar-refractivity contribution >= 4 is 33.1 Å². The fourth-order valence-electron chi connectivity index (χ4n) is 4.67. The molecule has 0 amide bonds. The molecule has 4 heteroatoms. The van der Waals surface area contributed by atoms with Gasteiger partial charge in [-0.05, 0) is 54.3 Å². The third-order valence-electron chi connectivity index (χ3n) is 6.21. The first-order chi connectivity index (χ1) is 15.6. The van der Waals surface area contributed by atoms with Crippen molar-refractivity contribution in [3.8, 4) is 17.1 Å². The van der Waals surface area contributed by atoms with Crippen LogP contribution in [0, 0.1) is 6.92 Å². The van der Waals surface area contributed by atoms with Gasteiger partial charge in [-0.1, -0.05) is 56.3 Å². The summed E-state index contributed by atoms with van der Waals surface area (Å²) in [6.45, 7) is 6.58. The number of nitrogens with zero attached hydrogens (tertiary/aromatic N) is 3. The Kier molecular flexibility index (Phi) is 4.15. The van der Waals surface area contributed by atoms with Crippen LogP contribution in [-0.4, -0.2) is 14.5 Å². The Bertz CT molecular complexity index is 1620. The lowest BCUT2D eigenvalue weighted by atomic mass is 10.00. The van der Waals surface area contributed by atoms with Crippen molar-refractivity contribution in [1.29, 1.82) is 0 Å². The first-order valence-electron chi connectivity index (χ1n) is 11.0. The van der Waals surface area contributed by atoms with E-state index in [1.165, 1.54) is 5.56 Å². The molecular weight excluding hydrogens is 394 g/mol. The molecule has 0 aliphatic rings. The molecule has 0 aliphatic carbocycles. The van der Waals surface area contributed by atoms with Gasteiger partial charge in [0, 0.05) is 17.0 Å². The number of benzene rings is 3. The minimum absolute atomic E-state index is 0.382. The molecule has 0 fully saturated rings. The van der Waals surface area contributed by atoms with Crippen molar-refractivity contribution < 1.29 is 4.42 Å². The Morgan fingerprint density at radius 2 is 1.66 bits per heavy atom. The third-order valence-corrected chi connectivity index (χ3v) is 6.21. The van der Waals surface area contributed by atoms with E-state index in [4.69, 9.17) is 9.40 Å². The summed E-state index contributed by atoms with van der Waals surface area (Å²) in [6.07, 6.45) is 1.77. The van der Waals surface area contributed by atoms with E-state index < -0.39 is 0 Å². The molecule has 0 radical (unpaired) electrons. The SMILES string of the molecule is Cc1ccc2c(oc3ncccc32)c1-c1nc2ccccc2n1-c1ccccc1C(C)C. The molecule has 0 saturated carbocycles. The second-order valence-corrected chi connectivity index (χ2v) is 8.57. The Balaban J connectivity index is 1.77. The maximum Gasteiger partial charge on any atom is 0.227 e. The highest BCUT2D eigenvalue weighted by Gasteiger charge is 2.23. The predicted molar refractivity (Wildman–Crippen MR) is 130 cm³/mol. The second-order valence-electron chi connectivity index (χ2n) is 8.57. The summed E-state index contributed by atoms with van der Waals surface area (Å²) in [7, 11) is 0. The molecule has 3 aromatic carbocycles. The largest absolute Gasteiger partial charge is 0.437 e. The van der Waals surface area contributed by atoms with Crippen LogP contribution in [0.1, 0.15) is 30.9 Å². The summed E-state index contributed by atoms with van der Waals surface area (Å²) in [5.41, 5.74) is 8.10. The van der Waals surface area contributed by atoms with E-state index in [9.17, 15) is 0 Å². The van der Waals surface area contributed by atoms with Gasteiger partial charge in [-0.15, -0.1) is 0 Å². The molecule has 4 nitrogen and oxygen atoms in total. The zero-order valence-corrected chi connectivity index (χ0v) is 18.3. The minimum atomic E-state index is 0.382. The first-order valence-corrected chi connectivity index (χ1v) is 11.0. The van der Waals surface area contributed by atoms with Gasteiger partial charge in [-0.25, -0.2) is 9.97 Å². The van der Waals surface area contributed by atoms with Gasteiger partial charge in [0.1, 0.15) is 11.4 Å². The summed E-state index contributed by atoms with van der Waals surface area (Å²) in [6, 6.07) is 25.2. The lowest BCUT2D eigenvalue weighted by Gasteiger charge is -2.17. The predicted octanol–water partition coefficient (Wildman–Crippen LogP) is 7.42. The molecule has 6 rings (SSSR count). The van der Waals surface area contributed by atoms with Gasteiger partial charge in [0.2, 0.25) is 5.71 Å². The fraction of sp³-hybridized carbons (Fsp3) is 0.143. The molecule has 0 bridgehead atoms. The van der Waals surface area contributed by atoms with Crippen molar-refractivity contribution in [3.05, 3.63) is 90.1 Å². The van der Waals surface area contributed by atoms with Crippen molar-refractivity contribution in [1.82, 2.24) is 14.5 Å². The van der Waals surface area contributed by atoms with Crippen LogP contribution < -0.4 is 0 Å². The Labute approximate surface area is 186 Å². The quantitative estimate of drug-likeness (QED) is 0.301. The van der Waals surface area contributed by atoms with E-state index in [0.717, 1.165) is 50.0 Å². The molecule has 0 spiro atoms. The van der Waals surface area contributed by atoms with Crippen LogP contribution in [0.3, 0.4) is 0 Å². The first kappa shape index (κ1) is 18.8. The molecule has 3 heterocycles. The standard InChI is InChI=1S/C28H23N3O/c1-17(2)19-9-4-6-12-23(19)31-24-13-7-5-11-22(24)30-27(31)25-18(3)14-15-20-21-10-8-16-29-28(21)32-26(20)25/h4-17H,1-3H3. The van der Waals surface area contributed by atoms with Crippen LogP contribution in [0.5, 0.6) is 0 Å². The molecule has 156 valence electrons. The van der Waals surface area contributed by atoms with E-state index in [2.05, 4.69) is 91.0 Å². The van der Waals surface area contributed by atoms with Crippen LogP contribution in [0.2, 0.25) is 0 Å². The number of aromatic nitrogens is 3. The molecule has 0 saturated heterocycles. The number of hydrogen-bond acceptors (Lipinski definition) is 3. The summed E-state index contributed by atoms with van der Waals surface area (Å²) in [4.78, 5) is 9.57. The number of rotatable bonds is 3. The molecular formula is C28H23N3O. The van der Waals surface area contributed by atoms with Gasteiger partial charge in [0.25, 0.3) is 0 Å². The molecule has 32 heavy (non-hydrogen) atoms. The third kappa shape index (κ3) is 2.69. The van der Waals surface area contributed by atoms with E-state index in [1.54, 1.807) is 6.20 Å². The molecule has 3 aromatic heterocycles. The number of para-hydroxylation sites is 3. The average molecular weight is 418 g/mol. The number of fused-ring (bicyclic) bond motifs is 4. The number of pyridine rings is 1. The number of imidazole rings is 1. The maximum absolute atomic E-state index is 6.32. The van der Waals surface area contributed by atoms with Crippen LogP contribution in [0.4, 0.5) is 0 Å². The molecule has 0 atom stereocenters. The van der Waals surface area contributed by atoms with Crippen LogP contribution in [0.25, 0.3) is 50.2 Å². The summed E-state index contributed by atoms with van der Waals surface area (Å²) in [5.74, 6) is 1.27. The second kappa shape index (κ2) is 7.06. The van der Waals surface area contributed by atoms with Crippen molar-refractivity contribution in [2.75, 3.05) is 0 Å². The van der Waals surface area contributed by atoms with Gasteiger partial charge in [-0.3, -0.25) is 4.57 Å². The van der Waals surface area contributed by atoms with Crippen LogP contribution in [-0.2, 0) is 0 Å². The van der Waals surface area contributed by atoms with E-state index in [0.29, 0.717) is 11.6 Å². The summed E-state index contributed by atoms with van der Waals surface area (Å²) in [5, 5.41) is 2.08. The highest BCUT2D eigenvalue weighted by molar-refractivity contribution is 6.09. The van der Waals surface area contributed by atoms with Gasteiger partial charge in [-0.2, -0.15) is 0 Å². The zero-order chi connectivity index (χ0) is 21.8. The summed E-state index contributed by atoms with van der Waals surface area (Å²) < 4.78 is 8.60. The Morgan fingerprint density at radius 1 is 0.844 bits per heavy atom. The lowest BCUT2D eigenvalue weighted by molar-refractivity contribution is 0.654. The summed E-state index contributed by atoms with van der Waals surface area (Å²) >= 11 is 0. The zero-order valence-electron chi connectivity index (χ0n) is 18.3. The highest BCUT2D eigenvalue weighted by atomic mass is 16.3. The van der Waals surface area contributed by atoms with Gasteiger partial charge in [0.15, 0.2) is 0 Å². The maximum atomic E-state index is 6.32.